The van der Waals surface area contributed by atoms with Crippen LogP contribution in [0.2, 0.25) is 0 Å². The molecule has 25 heavy (non-hydrogen) atoms. The van der Waals surface area contributed by atoms with Gasteiger partial charge < -0.3 is 14.4 Å². The molecule has 0 aliphatic heterocycles. The zero-order valence-electron chi connectivity index (χ0n) is 15.3. The van der Waals surface area contributed by atoms with Gasteiger partial charge in [-0.3, -0.25) is 4.79 Å². The van der Waals surface area contributed by atoms with Gasteiger partial charge >= 0.3 is 0 Å². The molecule has 4 heteroatoms. The van der Waals surface area contributed by atoms with Crippen LogP contribution in [0.15, 0.2) is 54.6 Å². The maximum atomic E-state index is 12.8. The summed E-state index contributed by atoms with van der Waals surface area (Å²) in [6.45, 7) is 7.22. The molecule has 134 valence electrons. The van der Waals surface area contributed by atoms with Crippen LogP contribution in [0.5, 0.6) is 11.5 Å². The van der Waals surface area contributed by atoms with E-state index < -0.39 is 0 Å². The van der Waals surface area contributed by atoms with Gasteiger partial charge in [0.25, 0.3) is 5.91 Å². The van der Waals surface area contributed by atoms with Gasteiger partial charge in [0.1, 0.15) is 0 Å². The Kier molecular flexibility index (Phi) is 7.33. The number of amides is 1. The molecule has 0 aliphatic carbocycles. The fourth-order valence-corrected chi connectivity index (χ4v) is 2.56. The molecule has 0 saturated carbocycles. The summed E-state index contributed by atoms with van der Waals surface area (Å²) < 4.78 is 11.3. The Morgan fingerprint density at radius 1 is 0.960 bits per heavy atom. The molecule has 1 amide bonds. The Morgan fingerprint density at radius 2 is 1.56 bits per heavy atom. The normalized spacial score (nSPS) is 11.6. The van der Waals surface area contributed by atoms with Crippen LogP contribution in [0.3, 0.4) is 0 Å². The number of hydrogen-bond acceptors (Lipinski definition) is 3. The Balaban J connectivity index is 2.04. The number of rotatable bonds is 9. The molecule has 0 aromatic heterocycles. The van der Waals surface area contributed by atoms with Crippen LogP contribution < -0.4 is 9.47 Å². The number of nitrogens with zero attached hydrogens (tertiary/aromatic N) is 1. The van der Waals surface area contributed by atoms with Gasteiger partial charge in [-0.25, -0.2) is 0 Å². The van der Waals surface area contributed by atoms with Crippen LogP contribution in [-0.4, -0.2) is 30.1 Å². The minimum Gasteiger partial charge on any atom is -0.490 e. The average Bonchev–Trinajstić information content (AvgIpc) is 2.65. The Bertz CT molecular complexity index is 657. The van der Waals surface area contributed by atoms with Crippen LogP contribution in [0.25, 0.3) is 0 Å². The summed E-state index contributed by atoms with van der Waals surface area (Å²) in [5.41, 5.74) is 1.12. The second kappa shape index (κ2) is 9.72. The smallest absolute Gasteiger partial charge is 0.261 e. The molecule has 0 spiro atoms. The van der Waals surface area contributed by atoms with Crippen molar-refractivity contribution in [2.75, 3.05) is 13.2 Å². The molecule has 0 saturated heterocycles. The third kappa shape index (κ3) is 5.52. The number of benzene rings is 2. The maximum absolute atomic E-state index is 12.8. The highest BCUT2D eigenvalue weighted by molar-refractivity contribution is 5.78. The number of carbonyl (C=O) groups excluding carboxylic acids is 1. The topological polar surface area (TPSA) is 38.8 Å². The first-order valence-corrected chi connectivity index (χ1v) is 8.83. The third-order valence-corrected chi connectivity index (χ3v) is 4.14. The summed E-state index contributed by atoms with van der Waals surface area (Å²) in [5, 5.41) is 0. The first kappa shape index (κ1) is 18.8. The van der Waals surface area contributed by atoms with E-state index in [1.54, 1.807) is 0 Å². The second-order valence-electron chi connectivity index (χ2n) is 5.93. The first-order chi connectivity index (χ1) is 12.2. The van der Waals surface area contributed by atoms with Crippen molar-refractivity contribution in [1.82, 2.24) is 4.90 Å². The molecular weight excluding hydrogens is 314 g/mol. The monoisotopic (exact) mass is 341 g/mol. The van der Waals surface area contributed by atoms with Gasteiger partial charge in [-0.2, -0.15) is 0 Å². The van der Waals surface area contributed by atoms with Crippen molar-refractivity contribution in [3.05, 3.63) is 60.2 Å². The molecule has 0 aliphatic rings. The zero-order valence-corrected chi connectivity index (χ0v) is 15.3. The lowest BCUT2D eigenvalue weighted by molar-refractivity contribution is -0.136. The number of para-hydroxylation sites is 2. The maximum Gasteiger partial charge on any atom is 0.261 e. The van der Waals surface area contributed by atoms with Crippen molar-refractivity contribution < 1.29 is 14.3 Å². The summed E-state index contributed by atoms with van der Waals surface area (Å²) >= 11 is 0. The molecule has 0 radical (unpaired) electrons. The molecule has 0 N–H and O–H groups in total. The number of carbonyl (C=O) groups is 1. The van der Waals surface area contributed by atoms with Gasteiger partial charge in [-0.15, -0.1) is 0 Å². The van der Waals surface area contributed by atoms with E-state index in [2.05, 4.69) is 13.8 Å². The quantitative estimate of drug-likeness (QED) is 0.683. The number of hydrogen-bond donors (Lipinski definition) is 0. The standard InChI is InChI=1S/C21H27NO3/c1-4-17(3)22(15-18-11-7-6-8-12-18)21(23)16-25-20-14-10-9-13-19(20)24-5-2/h6-14,17H,4-5,15-16H2,1-3H3. The van der Waals surface area contributed by atoms with E-state index in [-0.39, 0.29) is 18.6 Å². The van der Waals surface area contributed by atoms with Gasteiger partial charge in [0.2, 0.25) is 0 Å². The lowest BCUT2D eigenvalue weighted by Gasteiger charge is -2.29. The van der Waals surface area contributed by atoms with Gasteiger partial charge in [-0.1, -0.05) is 49.4 Å². The lowest BCUT2D eigenvalue weighted by atomic mass is 10.1. The van der Waals surface area contributed by atoms with Gasteiger partial charge in [0.05, 0.1) is 6.61 Å². The van der Waals surface area contributed by atoms with Crippen LogP contribution in [0.4, 0.5) is 0 Å². The predicted octanol–water partition coefficient (Wildman–Crippen LogP) is 4.29. The van der Waals surface area contributed by atoms with Crippen molar-refractivity contribution >= 4 is 5.91 Å². The van der Waals surface area contributed by atoms with Crippen LogP contribution in [0, 0.1) is 0 Å². The highest BCUT2D eigenvalue weighted by Crippen LogP contribution is 2.26. The lowest BCUT2D eigenvalue weighted by Crippen LogP contribution is -2.40. The highest BCUT2D eigenvalue weighted by Gasteiger charge is 2.20. The first-order valence-electron chi connectivity index (χ1n) is 8.83. The predicted molar refractivity (Wildman–Crippen MR) is 99.9 cm³/mol. The average molecular weight is 341 g/mol. The molecule has 2 aromatic carbocycles. The summed E-state index contributed by atoms with van der Waals surface area (Å²) in [5.74, 6) is 1.24. The van der Waals surface area contributed by atoms with Gasteiger partial charge in [0.15, 0.2) is 18.1 Å². The molecule has 1 unspecified atom stereocenters. The second-order valence-corrected chi connectivity index (χ2v) is 5.93. The molecule has 4 nitrogen and oxygen atoms in total. The van der Waals surface area contributed by atoms with E-state index in [1.807, 2.05) is 66.4 Å². The third-order valence-electron chi connectivity index (χ3n) is 4.14. The highest BCUT2D eigenvalue weighted by atomic mass is 16.5. The van der Waals surface area contributed by atoms with Crippen LogP contribution in [-0.2, 0) is 11.3 Å². The van der Waals surface area contributed by atoms with Crippen LogP contribution >= 0.6 is 0 Å². The molecule has 1 atom stereocenters. The number of ether oxygens (including phenoxy) is 2. The van der Waals surface area contributed by atoms with E-state index in [4.69, 9.17) is 9.47 Å². The van der Waals surface area contributed by atoms with E-state index in [0.717, 1.165) is 12.0 Å². The zero-order chi connectivity index (χ0) is 18.1. The molecule has 0 bridgehead atoms. The molecule has 2 rings (SSSR count). The SMILES string of the molecule is CCOc1ccccc1OCC(=O)N(Cc1ccccc1)C(C)CC. The Morgan fingerprint density at radius 3 is 2.16 bits per heavy atom. The van der Waals surface area contributed by atoms with Gasteiger partial charge in [0, 0.05) is 12.6 Å². The fourth-order valence-electron chi connectivity index (χ4n) is 2.56. The van der Waals surface area contributed by atoms with Crippen molar-refractivity contribution in [3.63, 3.8) is 0 Å². The molecule has 2 aromatic rings. The molecule has 0 fully saturated rings. The summed E-state index contributed by atoms with van der Waals surface area (Å²) in [6, 6.07) is 17.6. The molecular formula is C21H27NO3. The fraction of sp³-hybridized carbons (Fsp3) is 0.381. The summed E-state index contributed by atoms with van der Waals surface area (Å²) in [4.78, 5) is 14.6. The Labute approximate surface area is 150 Å². The van der Waals surface area contributed by atoms with Crippen molar-refractivity contribution in [2.24, 2.45) is 0 Å². The van der Waals surface area contributed by atoms with Crippen molar-refractivity contribution in [2.45, 2.75) is 39.8 Å². The minimum atomic E-state index is -0.0236. The van der Waals surface area contributed by atoms with E-state index in [1.165, 1.54) is 0 Å². The largest absolute Gasteiger partial charge is 0.490 e. The van der Waals surface area contributed by atoms with Crippen molar-refractivity contribution in [3.8, 4) is 11.5 Å². The van der Waals surface area contributed by atoms with Gasteiger partial charge in [-0.05, 0) is 38.0 Å². The minimum absolute atomic E-state index is 0.00125. The Hall–Kier alpha value is -2.49. The summed E-state index contributed by atoms with van der Waals surface area (Å²) in [6.07, 6.45) is 0.897. The van der Waals surface area contributed by atoms with E-state index in [9.17, 15) is 4.79 Å². The van der Waals surface area contributed by atoms with Crippen LogP contribution in [0.1, 0.15) is 32.8 Å². The van der Waals surface area contributed by atoms with E-state index >= 15 is 0 Å². The van der Waals surface area contributed by atoms with Crippen molar-refractivity contribution in [1.29, 1.82) is 0 Å². The molecule has 0 heterocycles. The van der Waals surface area contributed by atoms with E-state index in [0.29, 0.717) is 24.7 Å². The summed E-state index contributed by atoms with van der Waals surface area (Å²) in [7, 11) is 0.